The van der Waals surface area contributed by atoms with Gasteiger partial charge < -0.3 is 28.0 Å². The second kappa shape index (κ2) is 7.89. The Balaban J connectivity index is 1.68. The predicted molar refractivity (Wildman–Crippen MR) is 89.5 cm³/mol. The molecule has 3 saturated heterocycles. The van der Waals surface area contributed by atoms with Crippen molar-refractivity contribution >= 4 is 21.2 Å². The predicted octanol–water partition coefficient (Wildman–Crippen LogP) is 1.97. The Morgan fingerprint density at radius 2 is 1.61 bits per heavy atom. The zero-order chi connectivity index (χ0) is 16.4. The maximum Gasteiger partial charge on any atom is 0.457 e. The maximum atomic E-state index is 6.15. The third-order valence-corrected chi connectivity index (χ3v) is 4.87. The van der Waals surface area contributed by atoms with Crippen LogP contribution in [-0.4, -0.2) is 58.5 Å². The summed E-state index contributed by atoms with van der Waals surface area (Å²) < 4.78 is 35.9. The fourth-order valence-electron chi connectivity index (χ4n) is 3.46. The lowest BCUT2D eigenvalue weighted by Crippen LogP contribution is -2.39. The molecule has 3 heterocycles. The monoisotopic (exact) mass is 324 g/mol. The highest BCUT2D eigenvalue weighted by molar-refractivity contribution is 6.51. The first kappa shape index (κ1) is 17.8. The van der Waals surface area contributed by atoms with Gasteiger partial charge in [-0.25, -0.2) is 0 Å². The van der Waals surface area contributed by atoms with Gasteiger partial charge in [0.1, 0.15) is 18.3 Å². The molecule has 5 atom stereocenters. The average Bonchev–Trinajstić information content (AvgIpc) is 3.27. The van der Waals surface area contributed by atoms with Crippen LogP contribution in [0.5, 0.6) is 0 Å². The summed E-state index contributed by atoms with van der Waals surface area (Å²) in [6.07, 6.45) is 2.51. The summed E-state index contributed by atoms with van der Waals surface area (Å²) in [4.78, 5) is 0. The van der Waals surface area contributed by atoms with E-state index in [0.717, 1.165) is 25.3 Å². The molecule has 3 rings (SSSR count). The van der Waals surface area contributed by atoms with E-state index >= 15 is 0 Å². The lowest BCUT2D eigenvalue weighted by atomic mass is 9.62. The zero-order valence-corrected chi connectivity index (χ0v) is 14.6. The molecule has 3 aliphatic rings. The molecular formula is C14H27B3O6. The number of ether oxygens (including phenoxy) is 1. The summed E-state index contributed by atoms with van der Waals surface area (Å²) in [7, 11) is -0.334. The minimum absolute atomic E-state index is 0.123. The first-order valence-electron chi connectivity index (χ1n) is 9.08. The highest BCUT2D eigenvalue weighted by Gasteiger charge is 2.57. The quantitative estimate of drug-likeness (QED) is 0.668. The standard InChI is InChI=1S/C14H27B3O6/c1-5-15(6-2)23-14-13-12(21-17(8-4)22-13)11(19-14)10-9-18-16(7-3)20-10/h10-14H,5-9H2,1-4H3/t10-,11+,12-,13-,14+/m0/s1. The first-order valence-corrected chi connectivity index (χ1v) is 9.08. The number of hydrogen-bond acceptors (Lipinski definition) is 6. The minimum Gasteiger partial charge on any atom is -0.411 e. The molecule has 0 N–H and O–H groups in total. The van der Waals surface area contributed by atoms with Gasteiger partial charge in [-0.05, 0) is 12.6 Å². The zero-order valence-electron chi connectivity index (χ0n) is 14.6. The van der Waals surface area contributed by atoms with Crippen molar-refractivity contribution in [3.63, 3.8) is 0 Å². The third-order valence-electron chi connectivity index (χ3n) is 4.87. The molecule has 3 fully saturated rings. The number of hydrogen-bond donors (Lipinski definition) is 0. The molecule has 0 amide bonds. The van der Waals surface area contributed by atoms with E-state index in [9.17, 15) is 0 Å². The Kier molecular flexibility index (Phi) is 6.10. The van der Waals surface area contributed by atoms with Crippen molar-refractivity contribution in [2.24, 2.45) is 0 Å². The summed E-state index contributed by atoms with van der Waals surface area (Å²) in [6.45, 7) is 9.06. The molecule has 0 unspecified atom stereocenters. The van der Waals surface area contributed by atoms with E-state index < -0.39 is 6.29 Å². The van der Waals surface area contributed by atoms with E-state index in [1.807, 2.05) is 6.92 Å². The fourth-order valence-corrected chi connectivity index (χ4v) is 3.46. The largest absolute Gasteiger partial charge is 0.457 e. The molecule has 0 bridgehead atoms. The highest BCUT2D eigenvalue weighted by Crippen LogP contribution is 2.38. The van der Waals surface area contributed by atoms with Crippen molar-refractivity contribution in [2.45, 2.75) is 83.7 Å². The van der Waals surface area contributed by atoms with Crippen LogP contribution in [0.1, 0.15) is 27.7 Å². The van der Waals surface area contributed by atoms with Gasteiger partial charge in [0.25, 0.3) is 6.92 Å². The Morgan fingerprint density at radius 1 is 0.913 bits per heavy atom. The summed E-state index contributed by atoms with van der Waals surface area (Å²) >= 11 is 0. The Hall–Kier alpha value is -0.0452. The Bertz CT molecular complexity index is 386. The van der Waals surface area contributed by atoms with Crippen LogP contribution in [-0.2, 0) is 28.0 Å². The van der Waals surface area contributed by atoms with E-state index in [1.165, 1.54) is 0 Å². The molecule has 6 nitrogen and oxygen atoms in total. The Morgan fingerprint density at radius 3 is 2.22 bits per heavy atom. The van der Waals surface area contributed by atoms with Gasteiger partial charge in [0.15, 0.2) is 6.29 Å². The lowest BCUT2D eigenvalue weighted by Gasteiger charge is -2.24. The van der Waals surface area contributed by atoms with E-state index in [4.69, 9.17) is 28.0 Å². The minimum atomic E-state index is -0.393. The molecule has 0 aromatic carbocycles. The average molecular weight is 324 g/mol. The van der Waals surface area contributed by atoms with Crippen molar-refractivity contribution in [1.82, 2.24) is 0 Å². The molecule has 9 heteroatoms. The van der Waals surface area contributed by atoms with Crippen LogP contribution in [0.4, 0.5) is 0 Å². The van der Waals surface area contributed by atoms with Crippen molar-refractivity contribution in [3.8, 4) is 0 Å². The van der Waals surface area contributed by atoms with Crippen LogP contribution < -0.4 is 0 Å². The van der Waals surface area contributed by atoms with Crippen LogP contribution in [0.25, 0.3) is 0 Å². The second-order valence-corrected chi connectivity index (χ2v) is 6.43. The van der Waals surface area contributed by atoms with E-state index in [-0.39, 0.29) is 45.6 Å². The molecule has 0 aliphatic carbocycles. The van der Waals surface area contributed by atoms with Gasteiger partial charge in [-0.2, -0.15) is 0 Å². The van der Waals surface area contributed by atoms with E-state index in [2.05, 4.69) is 20.8 Å². The van der Waals surface area contributed by atoms with Crippen LogP contribution in [0.15, 0.2) is 0 Å². The first-order chi connectivity index (χ1) is 11.2. The van der Waals surface area contributed by atoms with Crippen LogP contribution >= 0.6 is 0 Å². The molecule has 3 aliphatic heterocycles. The van der Waals surface area contributed by atoms with Gasteiger partial charge in [0.05, 0.1) is 12.7 Å². The van der Waals surface area contributed by atoms with E-state index in [1.54, 1.807) is 0 Å². The molecule has 23 heavy (non-hydrogen) atoms. The molecule has 0 saturated carbocycles. The number of rotatable bonds is 7. The molecule has 0 spiro atoms. The van der Waals surface area contributed by atoms with Crippen LogP contribution in [0, 0.1) is 0 Å². The smallest absolute Gasteiger partial charge is 0.411 e. The summed E-state index contributed by atoms with van der Waals surface area (Å²) in [5.41, 5.74) is 0. The molecular weight excluding hydrogens is 297 g/mol. The molecule has 128 valence electrons. The van der Waals surface area contributed by atoms with Gasteiger partial charge in [-0.15, -0.1) is 0 Å². The van der Waals surface area contributed by atoms with Crippen molar-refractivity contribution in [3.05, 3.63) is 0 Å². The number of fused-ring (bicyclic) bond motifs is 1. The molecule has 0 radical (unpaired) electrons. The topological polar surface area (TPSA) is 55.4 Å². The van der Waals surface area contributed by atoms with Gasteiger partial charge in [-0.3, -0.25) is 0 Å². The summed E-state index contributed by atoms with van der Waals surface area (Å²) in [5, 5.41) is 0. The normalized spacial score (nSPS) is 36.8. The lowest BCUT2D eigenvalue weighted by molar-refractivity contribution is -0.131. The van der Waals surface area contributed by atoms with Crippen molar-refractivity contribution < 1.29 is 28.0 Å². The second-order valence-electron chi connectivity index (χ2n) is 6.43. The summed E-state index contributed by atoms with van der Waals surface area (Å²) in [6, 6.07) is 0. The van der Waals surface area contributed by atoms with E-state index in [0.29, 0.717) is 6.61 Å². The highest BCUT2D eigenvalue weighted by atomic mass is 16.8. The SMILES string of the molecule is CCB(CC)O[C@H]1O[C@H]([C@@H]2COB(CC)O2)[C@@H]2OB(CC)O[C@H]12. The fraction of sp³-hybridized carbons (Fsp3) is 1.00. The van der Waals surface area contributed by atoms with Crippen LogP contribution in [0.3, 0.4) is 0 Å². The van der Waals surface area contributed by atoms with Crippen molar-refractivity contribution in [1.29, 1.82) is 0 Å². The summed E-state index contributed by atoms with van der Waals surface area (Å²) in [5.74, 6) is 0. The molecule has 0 aromatic rings. The molecule has 0 aromatic heterocycles. The van der Waals surface area contributed by atoms with Crippen molar-refractivity contribution in [2.75, 3.05) is 6.61 Å². The maximum absolute atomic E-state index is 6.15. The van der Waals surface area contributed by atoms with Gasteiger partial charge in [0.2, 0.25) is 0 Å². The van der Waals surface area contributed by atoms with Crippen LogP contribution in [0.2, 0.25) is 25.3 Å². The van der Waals surface area contributed by atoms with Gasteiger partial charge in [-0.1, -0.05) is 40.3 Å². The Labute approximate surface area is 140 Å². The van der Waals surface area contributed by atoms with Gasteiger partial charge >= 0.3 is 14.2 Å². The third kappa shape index (κ3) is 3.65. The van der Waals surface area contributed by atoms with Gasteiger partial charge in [0, 0.05) is 0 Å².